The molecule has 1 aliphatic heterocycles. The standard InChI is InChI=1S/C14H21N3O5S/c1-21-12-6-5-11(8-13(12)22-2)23(19,20)17-7-3-4-10(9-17)14(18)16-15/h5-6,8,10H,3-4,7,9,15H2,1-2H3,(H,16,18)/t10-/m0/s1. The summed E-state index contributed by atoms with van der Waals surface area (Å²) in [5.41, 5.74) is 2.08. The van der Waals surface area contributed by atoms with Crippen LogP contribution < -0.4 is 20.7 Å². The Labute approximate surface area is 135 Å². The molecule has 8 nitrogen and oxygen atoms in total. The van der Waals surface area contributed by atoms with Gasteiger partial charge < -0.3 is 9.47 Å². The first-order chi connectivity index (χ1) is 10.9. The highest BCUT2D eigenvalue weighted by Gasteiger charge is 2.33. The van der Waals surface area contributed by atoms with E-state index in [1.165, 1.54) is 30.7 Å². The fourth-order valence-corrected chi connectivity index (χ4v) is 4.16. The Hall–Kier alpha value is -1.84. The van der Waals surface area contributed by atoms with Crippen LogP contribution in [0.3, 0.4) is 0 Å². The number of nitrogens with two attached hydrogens (primary N) is 1. The van der Waals surface area contributed by atoms with Crippen LogP contribution in [0.25, 0.3) is 0 Å². The van der Waals surface area contributed by atoms with Gasteiger partial charge in [0, 0.05) is 19.2 Å². The molecule has 23 heavy (non-hydrogen) atoms. The van der Waals surface area contributed by atoms with E-state index in [0.717, 1.165) is 0 Å². The van der Waals surface area contributed by atoms with Gasteiger partial charge in [-0.25, -0.2) is 14.3 Å². The van der Waals surface area contributed by atoms with Crippen molar-refractivity contribution >= 4 is 15.9 Å². The van der Waals surface area contributed by atoms with Gasteiger partial charge in [-0.15, -0.1) is 0 Å². The normalized spacial score (nSPS) is 19.2. The lowest BCUT2D eigenvalue weighted by atomic mass is 9.99. The van der Waals surface area contributed by atoms with E-state index in [0.29, 0.717) is 30.9 Å². The fourth-order valence-electron chi connectivity index (χ4n) is 2.62. The molecule has 0 aromatic heterocycles. The molecule has 0 spiro atoms. The number of rotatable bonds is 5. The molecule has 0 aliphatic carbocycles. The van der Waals surface area contributed by atoms with Crippen molar-refractivity contribution in [3.05, 3.63) is 18.2 Å². The second kappa shape index (κ2) is 7.16. The molecule has 128 valence electrons. The maximum Gasteiger partial charge on any atom is 0.243 e. The maximum atomic E-state index is 12.8. The van der Waals surface area contributed by atoms with Gasteiger partial charge in [-0.2, -0.15) is 4.31 Å². The minimum Gasteiger partial charge on any atom is -0.493 e. The van der Waals surface area contributed by atoms with Crippen molar-refractivity contribution in [2.45, 2.75) is 17.7 Å². The Morgan fingerprint density at radius 3 is 2.61 bits per heavy atom. The first kappa shape index (κ1) is 17.5. The number of nitrogens with zero attached hydrogens (tertiary/aromatic N) is 1. The number of nitrogens with one attached hydrogen (secondary N) is 1. The van der Waals surface area contributed by atoms with Crippen molar-refractivity contribution in [1.82, 2.24) is 9.73 Å². The van der Waals surface area contributed by atoms with Crippen LogP contribution in [0.4, 0.5) is 0 Å². The van der Waals surface area contributed by atoms with Crippen molar-refractivity contribution in [2.24, 2.45) is 11.8 Å². The molecule has 1 aromatic carbocycles. The third kappa shape index (κ3) is 3.57. The largest absolute Gasteiger partial charge is 0.493 e. The zero-order valence-electron chi connectivity index (χ0n) is 13.1. The van der Waals surface area contributed by atoms with Crippen molar-refractivity contribution in [3.8, 4) is 11.5 Å². The molecule has 0 bridgehead atoms. The molecule has 1 fully saturated rings. The molecule has 9 heteroatoms. The van der Waals surface area contributed by atoms with Gasteiger partial charge in [0.05, 0.1) is 25.0 Å². The lowest BCUT2D eigenvalue weighted by Gasteiger charge is -2.30. The molecule has 1 saturated heterocycles. The molecule has 1 atom stereocenters. The quantitative estimate of drug-likeness (QED) is 0.445. The van der Waals surface area contributed by atoms with Crippen LogP contribution in [0.2, 0.25) is 0 Å². The van der Waals surface area contributed by atoms with E-state index in [-0.39, 0.29) is 17.3 Å². The maximum absolute atomic E-state index is 12.8. The zero-order valence-corrected chi connectivity index (χ0v) is 13.9. The van der Waals surface area contributed by atoms with Gasteiger partial charge in [-0.3, -0.25) is 10.2 Å². The molecule has 1 aliphatic rings. The van der Waals surface area contributed by atoms with Gasteiger partial charge in [0.2, 0.25) is 15.9 Å². The fraction of sp³-hybridized carbons (Fsp3) is 0.500. The summed E-state index contributed by atoms with van der Waals surface area (Å²) in [5, 5.41) is 0. The third-order valence-electron chi connectivity index (χ3n) is 3.89. The third-order valence-corrected chi connectivity index (χ3v) is 5.75. The van der Waals surface area contributed by atoms with E-state index >= 15 is 0 Å². The smallest absolute Gasteiger partial charge is 0.243 e. The lowest BCUT2D eigenvalue weighted by molar-refractivity contribution is -0.126. The first-order valence-corrected chi connectivity index (χ1v) is 8.60. The number of benzene rings is 1. The molecule has 1 heterocycles. The number of hydrogen-bond acceptors (Lipinski definition) is 6. The Bertz CT molecular complexity index is 677. The van der Waals surface area contributed by atoms with Gasteiger partial charge in [-0.05, 0) is 25.0 Å². The van der Waals surface area contributed by atoms with E-state index < -0.39 is 15.9 Å². The van der Waals surface area contributed by atoms with E-state index in [1.54, 1.807) is 6.07 Å². The summed E-state index contributed by atoms with van der Waals surface area (Å²) >= 11 is 0. The Morgan fingerprint density at radius 1 is 1.30 bits per heavy atom. The van der Waals surface area contributed by atoms with Crippen molar-refractivity contribution in [3.63, 3.8) is 0 Å². The number of ether oxygens (including phenoxy) is 2. The van der Waals surface area contributed by atoms with E-state index in [1.807, 2.05) is 0 Å². The summed E-state index contributed by atoms with van der Waals surface area (Å²) in [6.45, 7) is 0.477. The second-order valence-corrected chi connectivity index (χ2v) is 7.17. The minimum absolute atomic E-state index is 0.101. The monoisotopic (exact) mass is 343 g/mol. The predicted molar refractivity (Wildman–Crippen MR) is 83.4 cm³/mol. The number of carbonyl (C=O) groups is 1. The summed E-state index contributed by atoms with van der Waals surface area (Å²) in [6, 6.07) is 4.42. The topological polar surface area (TPSA) is 111 Å². The average molecular weight is 343 g/mol. The average Bonchev–Trinajstić information content (AvgIpc) is 2.60. The number of hydrazine groups is 1. The number of methoxy groups -OCH3 is 2. The zero-order chi connectivity index (χ0) is 17.0. The van der Waals surface area contributed by atoms with Crippen LogP contribution in [0.5, 0.6) is 11.5 Å². The van der Waals surface area contributed by atoms with Crippen LogP contribution in [-0.4, -0.2) is 45.9 Å². The molecular weight excluding hydrogens is 322 g/mol. The van der Waals surface area contributed by atoms with Crippen LogP contribution in [0, 0.1) is 5.92 Å². The van der Waals surface area contributed by atoms with Crippen LogP contribution in [-0.2, 0) is 14.8 Å². The van der Waals surface area contributed by atoms with Crippen molar-refractivity contribution in [1.29, 1.82) is 0 Å². The van der Waals surface area contributed by atoms with Crippen LogP contribution >= 0.6 is 0 Å². The van der Waals surface area contributed by atoms with Crippen LogP contribution in [0.1, 0.15) is 12.8 Å². The predicted octanol–water partition coefficient (Wildman–Crippen LogP) is 0.0944. The summed E-state index contributed by atoms with van der Waals surface area (Å²) in [5.74, 6) is 5.13. The molecular formula is C14H21N3O5S. The van der Waals surface area contributed by atoms with Crippen molar-refractivity contribution in [2.75, 3.05) is 27.3 Å². The molecule has 0 saturated carbocycles. The number of piperidine rings is 1. The Morgan fingerprint density at radius 2 is 2.00 bits per heavy atom. The number of amides is 1. The molecule has 2 rings (SSSR count). The summed E-state index contributed by atoms with van der Waals surface area (Å²) < 4.78 is 37.1. The summed E-state index contributed by atoms with van der Waals surface area (Å²) in [7, 11) is -0.797. The first-order valence-electron chi connectivity index (χ1n) is 7.16. The number of carbonyl (C=O) groups excluding carboxylic acids is 1. The highest BCUT2D eigenvalue weighted by atomic mass is 32.2. The van der Waals surface area contributed by atoms with Gasteiger partial charge in [0.25, 0.3) is 0 Å². The van der Waals surface area contributed by atoms with Crippen LogP contribution in [0.15, 0.2) is 23.1 Å². The molecule has 0 radical (unpaired) electrons. The molecule has 0 unspecified atom stereocenters. The lowest BCUT2D eigenvalue weighted by Crippen LogP contribution is -2.46. The molecule has 1 amide bonds. The highest BCUT2D eigenvalue weighted by Crippen LogP contribution is 2.31. The van der Waals surface area contributed by atoms with E-state index in [9.17, 15) is 13.2 Å². The summed E-state index contributed by atoms with van der Waals surface area (Å²) in [4.78, 5) is 11.8. The Balaban J connectivity index is 2.29. The highest BCUT2D eigenvalue weighted by molar-refractivity contribution is 7.89. The van der Waals surface area contributed by atoms with Gasteiger partial charge in [0.1, 0.15) is 0 Å². The minimum atomic E-state index is -3.72. The molecule has 3 N–H and O–H groups in total. The van der Waals surface area contributed by atoms with Crippen molar-refractivity contribution < 1.29 is 22.7 Å². The Kier molecular flexibility index (Phi) is 5.45. The summed E-state index contributed by atoms with van der Waals surface area (Å²) in [6.07, 6.45) is 1.21. The second-order valence-electron chi connectivity index (χ2n) is 5.23. The van der Waals surface area contributed by atoms with Gasteiger partial charge in [0.15, 0.2) is 11.5 Å². The number of hydrogen-bond donors (Lipinski definition) is 2. The van der Waals surface area contributed by atoms with E-state index in [4.69, 9.17) is 15.3 Å². The molecule has 1 aromatic rings. The number of sulfonamides is 1. The van der Waals surface area contributed by atoms with E-state index in [2.05, 4.69) is 5.43 Å². The van der Waals surface area contributed by atoms with Gasteiger partial charge in [-0.1, -0.05) is 0 Å². The SMILES string of the molecule is COc1ccc(S(=O)(=O)N2CCC[C@H](C(=O)NN)C2)cc1OC. The van der Waals surface area contributed by atoms with Gasteiger partial charge >= 0.3 is 0 Å².